The van der Waals surface area contributed by atoms with Crippen molar-refractivity contribution in [2.75, 3.05) is 0 Å². The standard InChI is InChI=1S/C16H28O/c1-11-6-7-12-13(15(11,2)3)8-10-16(17)9-4-5-14(12)16/h11-14,17H,4-10H2,1-3H3/t11-,12-,13+,14+,16-/m1/s1. The summed E-state index contributed by atoms with van der Waals surface area (Å²) < 4.78 is 0. The van der Waals surface area contributed by atoms with E-state index in [-0.39, 0.29) is 5.60 Å². The number of rotatable bonds is 0. The van der Waals surface area contributed by atoms with E-state index in [1.807, 2.05) is 0 Å². The van der Waals surface area contributed by atoms with Crippen LogP contribution in [-0.2, 0) is 0 Å². The molecular formula is C16H28O. The summed E-state index contributed by atoms with van der Waals surface area (Å²) >= 11 is 0. The van der Waals surface area contributed by atoms with E-state index in [2.05, 4.69) is 20.8 Å². The van der Waals surface area contributed by atoms with Crippen LogP contribution in [0.15, 0.2) is 0 Å². The Kier molecular flexibility index (Phi) is 2.63. The van der Waals surface area contributed by atoms with Gasteiger partial charge in [0.15, 0.2) is 0 Å². The van der Waals surface area contributed by atoms with Gasteiger partial charge in [0.25, 0.3) is 0 Å². The van der Waals surface area contributed by atoms with Crippen LogP contribution in [0, 0.1) is 29.1 Å². The van der Waals surface area contributed by atoms with E-state index in [4.69, 9.17) is 0 Å². The maximum absolute atomic E-state index is 10.8. The third kappa shape index (κ3) is 1.61. The molecule has 0 heterocycles. The molecule has 1 nitrogen and oxygen atoms in total. The topological polar surface area (TPSA) is 20.2 Å². The second-order valence-electron chi connectivity index (χ2n) is 7.71. The van der Waals surface area contributed by atoms with Gasteiger partial charge in [-0.3, -0.25) is 0 Å². The van der Waals surface area contributed by atoms with Crippen molar-refractivity contribution in [3.8, 4) is 0 Å². The Bertz CT molecular complexity index is 309. The van der Waals surface area contributed by atoms with E-state index < -0.39 is 0 Å². The van der Waals surface area contributed by atoms with Crippen LogP contribution in [0.1, 0.15) is 65.7 Å². The molecule has 3 aliphatic rings. The Morgan fingerprint density at radius 1 is 0.941 bits per heavy atom. The lowest BCUT2D eigenvalue weighted by Gasteiger charge is -2.56. The van der Waals surface area contributed by atoms with E-state index in [9.17, 15) is 5.11 Å². The van der Waals surface area contributed by atoms with Gasteiger partial charge in [-0.05, 0) is 67.6 Å². The van der Waals surface area contributed by atoms with Crippen LogP contribution in [0.4, 0.5) is 0 Å². The first-order valence-electron chi connectivity index (χ1n) is 7.67. The summed E-state index contributed by atoms with van der Waals surface area (Å²) in [7, 11) is 0. The molecule has 0 aromatic rings. The molecule has 0 aliphatic heterocycles. The molecule has 3 saturated carbocycles. The molecular weight excluding hydrogens is 208 g/mol. The molecule has 0 amide bonds. The van der Waals surface area contributed by atoms with Crippen LogP contribution in [0.5, 0.6) is 0 Å². The Morgan fingerprint density at radius 2 is 1.71 bits per heavy atom. The minimum absolute atomic E-state index is 0.266. The van der Waals surface area contributed by atoms with Crippen molar-refractivity contribution in [1.29, 1.82) is 0 Å². The van der Waals surface area contributed by atoms with Crippen molar-refractivity contribution >= 4 is 0 Å². The molecule has 0 saturated heterocycles. The molecule has 0 radical (unpaired) electrons. The summed E-state index contributed by atoms with van der Waals surface area (Å²) in [6.45, 7) is 7.40. The van der Waals surface area contributed by atoms with Gasteiger partial charge in [0.1, 0.15) is 0 Å². The second kappa shape index (κ2) is 3.73. The van der Waals surface area contributed by atoms with Crippen molar-refractivity contribution in [3.05, 3.63) is 0 Å². The fraction of sp³-hybridized carbons (Fsp3) is 1.00. The maximum Gasteiger partial charge on any atom is 0.0678 e. The number of hydrogen-bond acceptors (Lipinski definition) is 1. The molecule has 3 rings (SSSR count). The second-order valence-corrected chi connectivity index (χ2v) is 7.71. The fourth-order valence-electron chi connectivity index (χ4n) is 5.41. The van der Waals surface area contributed by atoms with Gasteiger partial charge in [-0.1, -0.05) is 27.2 Å². The zero-order valence-corrected chi connectivity index (χ0v) is 11.7. The average molecular weight is 236 g/mol. The average Bonchev–Trinajstić information content (AvgIpc) is 2.65. The van der Waals surface area contributed by atoms with Gasteiger partial charge in [0.2, 0.25) is 0 Å². The van der Waals surface area contributed by atoms with E-state index in [1.54, 1.807) is 0 Å². The normalized spacial score (nSPS) is 52.9. The van der Waals surface area contributed by atoms with Gasteiger partial charge < -0.3 is 5.11 Å². The monoisotopic (exact) mass is 236 g/mol. The minimum atomic E-state index is -0.266. The van der Waals surface area contributed by atoms with Crippen molar-refractivity contribution in [2.45, 2.75) is 71.3 Å². The summed E-state index contributed by atoms with van der Waals surface area (Å²) in [5.74, 6) is 3.18. The lowest BCUT2D eigenvalue weighted by Crippen LogP contribution is -2.52. The largest absolute Gasteiger partial charge is 0.390 e. The molecule has 0 unspecified atom stereocenters. The van der Waals surface area contributed by atoms with E-state index in [0.717, 1.165) is 30.6 Å². The van der Waals surface area contributed by atoms with Gasteiger partial charge in [-0.2, -0.15) is 0 Å². The first-order chi connectivity index (χ1) is 7.95. The predicted molar refractivity (Wildman–Crippen MR) is 70.7 cm³/mol. The van der Waals surface area contributed by atoms with Crippen LogP contribution in [0.25, 0.3) is 0 Å². The molecule has 3 fully saturated rings. The lowest BCUT2D eigenvalue weighted by molar-refractivity contribution is -0.124. The summed E-state index contributed by atoms with van der Waals surface area (Å²) in [6, 6.07) is 0. The van der Waals surface area contributed by atoms with Crippen molar-refractivity contribution < 1.29 is 5.11 Å². The van der Waals surface area contributed by atoms with Crippen LogP contribution in [-0.4, -0.2) is 10.7 Å². The third-order valence-electron chi connectivity index (χ3n) is 6.90. The SMILES string of the molecule is C[C@@H]1CC[C@@H]2[C@H](CC[C@]3(O)CCC[C@@H]23)C1(C)C. The zero-order valence-electron chi connectivity index (χ0n) is 11.7. The van der Waals surface area contributed by atoms with Crippen LogP contribution < -0.4 is 0 Å². The third-order valence-corrected chi connectivity index (χ3v) is 6.90. The number of aliphatic hydroxyl groups is 1. The maximum atomic E-state index is 10.8. The Balaban J connectivity index is 1.89. The van der Waals surface area contributed by atoms with E-state index >= 15 is 0 Å². The molecule has 3 aliphatic carbocycles. The van der Waals surface area contributed by atoms with E-state index in [1.165, 1.54) is 32.1 Å². The number of fused-ring (bicyclic) bond motifs is 3. The fourth-order valence-corrected chi connectivity index (χ4v) is 5.41. The first kappa shape index (κ1) is 12.0. The molecule has 0 aromatic heterocycles. The molecule has 0 spiro atoms. The van der Waals surface area contributed by atoms with Gasteiger partial charge in [-0.15, -0.1) is 0 Å². The highest BCUT2D eigenvalue weighted by atomic mass is 16.3. The van der Waals surface area contributed by atoms with Crippen molar-refractivity contribution in [1.82, 2.24) is 0 Å². The molecule has 0 aromatic carbocycles. The van der Waals surface area contributed by atoms with Gasteiger partial charge in [0.05, 0.1) is 5.60 Å². The predicted octanol–water partition coefficient (Wildman–Crippen LogP) is 4.00. The highest BCUT2D eigenvalue weighted by Gasteiger charge is 2.55. The van der Waals surface area contributed by atoms with Crippen molar-refractivity contribution in [2.24, 2.45) is 29.1 Å². The van der Waals surface area contributed by atoms with Crippen LogP contribution in [0.3, 0.4) is 0 Å². The lowest BCUT2D eigenvalue weighted by atomic mass is 9.50. The smallest absolute Gasteiger partial charge is 0.0678 e. The molecule has 1 N–H and O–H groups in total. The first-order valence-corrected chi connectivity index (χ1v) is 7.67. The van der Waals surface area contributed by atoms with Crippen LogP contribution in [0.2, 0.25) is 0 Å². The molecule has 0 bridgehead atoms. The Morgan fingerprint density at radius 3 is 2.47 bits per heavy atom. The Hall–Kier alpha value is -0.0400. The highest BCUT2D eigenvalue weighted by Crippen LogP contribution is 2.60. The summed E-state index contributed by atoms with van der Waals surface area (Å²) in [6.07, 6.45) is 8.74. The molecule has 1 heteroatoms. The zero-order chi connectivity index (χ0) is 12.3. The summed E-state index contributed by atoms with van der Waals surface area (Å²) in [5, 5.41) is 10.8. The Labute approximate surface area is 106 Å². The van der Waals surface area contributed by atoms with Gasteiger partial charge >= 0.3 is 0 Å². The van der Waals surface area contributed by atoms with Crippen LogP contribution >= 0.6 is 0 Å². The minimum Gasteiger partial charge on any atom is -0.390 e. The van der Waals surface area contributed by atoms with Crippen molar-refractivity contribution in [3.63, 3.8) is 0 Å². The van der Waals surface area contributed by atoms with Gasteiger partial charge in [0, 0.05) is 0 Å². The molecule has 98 valence electrons. The quantitative estimate of drug-likeness (QED) is 0.674. The molecule has 5 atom stereocenters. The summed E-state index contributed by atoms with van der Waals surface area (Å²) in [4.78, 5) is 0. The highest BCUT2D eigenvalue weighted by molar-refractivity contribution is 5.06. The number of hydrogen-bond donors (Lipinski definition) is 1. The molecule has 17 heavy (non-hydrogen) atoms. The summed E-state index contributed by atoms with van der Waals surface area (Å²) in [5.41, 5.74) is 0.227. The van der Waals surface area contributed by atoms with E-state index in [0.29, 0.717) is 11.3 Å². The van der Waals surface area contributed by atoms with Gasteiger partial charge in [-0.25, -0.2) is 0 Å².